The van der Waals surface area contributed by atoms with Gasteiger partial charge < -0.3 is 20.0 Å². The van der Waals surface area contributed by atoms with E-state index in [0.717, 1.165) is 38.6 Å². The molecule has 4 fully saturated rings. The van der Waals surface area contributed by atoms with E-state index < -0.39 is 0 Å². The highest BCUT2D eigenvalue weighted by Crippen LogP contribution is 2.27. The lowest BCUT2D eigenvalue weighted by Gasteiger charge is -2.45. The van der Waals surface area contributed by atoms with Crippen molar-refractivity contribution < 1.29 is 4.79 Å². The highest BCUT2D eigenvalue weighted by atomic mass is 16.2. The van der Waals surface area contributed by atoms with Crippen LogP contribution in [-0.2, 0) is 4.79 Å². The molecule has 0 radical (unpaired) electrons. The molecule has 0 saturated carbocycles. The predicted molar refractivity (Wildman–Crippen MR) is 75.0 cm³/mol. The number of rotatable bonds is 3. The van der Waals surface area contributed by atoms with Crippen LogP contribution >= 0.6 is 0 Å². The smallest absolute Gasteiger partial charge is 0.236 e. The Kier molecular flexibility index (Phi) is 4.05. The first-order chi connectivity index (χ1) is 9.22. The lowest BCUT2D eigenvalue weighted by molar-refractivity contribution is -0.132. The van der Waals surface area contributed by atoms with Crippen LogP contribution in [-0.4, -0.2) is 86.1 Å². The van der Waals surface area contributed by atoms with Crippen molar-refractivity contribution in [2.45, 2.75) is 18.9 Å². The Morgan fingerprint density at radius 2 is 1.79 bits per heavy atom. The van der Waals surface area contributed by atoms with Gasteiger partial charge in [-0.1, -0.05) is 0 Å². The molecule has 2 bridgehead atoms. The number of likely N-dealkylation sites (N-methyl/N-ethyl adjacent to an activating group) is 1. The molecule has 4 aliphatic heterocycles. The molecule has 0 aromatic rings. The molecule has 5 heteroatoms. The van der Waals surface area contributed by atoms with Crippen LogP contribution in [0, 0.1) is 5.92 Å². The molecular formula is C14H26N4O. The Labute approximate surface area is 115 Å². The maximum atomic E-state index is 12.2. The van der Waals surface area contributed by atoms with Gasteiger partial charge in [0.15, 0.2) is 0 Å². The Morgan fingerprint density at radius 3 is 2.37 bits per heavy atom. The van der Waals surface area contributed by atoms with Crippen molar-refractivity contribution in [2.24, 2.45) is 5.92 Å². The summed E-state index contributed by atoms with van der Waals surface area (Å²) in [6.07, 6.45) is 2.61. The summed E-state index contributed by atoms with van der Waals surface area (Å²) >= 11 is 0. The number of piperazine rings is 1. The summed E-state index contributed by atoms with van der Waals surface area (Å²) < 4.78 is 0. The number of piperidine rings is 3. The molecule has 1 amide bonds. The summed E-state index contributed by atoms with van der Waals surface area (Å²) in [5.74, 6) is 1.08. The van der Waals surface area contributed by atoms with Crippen LogP contribution in [0.2, 0.25) is 0 Å². The summed E-state index contributed by atoms with van der Waals surface area (Å²) in [5, 5.41) is 3.51. The first kappa shape index (κ1) is 13.3. The zero-order chi connectivity index (χ0) is 13.2. The minimum Gasteiger partial charge on any atom is -0.339 e. The van der Waals surface area contributed by atoms with Crippen molar-refractivity contribution in [1.29, 1.82) is 0 Å². The van der Waals surface area contributed by atoms with Crippen molar-refractivity contribution in [2.75, 3.05) is 59.4 Å². The molecular weight excluding hydrogens is 240 g/mol. The number of fused-ring (bicyclic) bond motifs is 3. The molecule has 5 nitrogen and oxygen atoms in total. The number of hydrogen-bond donors (Lipinski definition) is 1. The van der Waals surface area contributed by atoms with E-state index in [2.05, 4.69) is 22.2 Å². The van der Waals surface area contributed by atoms with E-state index in [1.807, 2.05) is 4.90 Å². The Bertz CT molecular complexity index is 319. The van der Waals surface area contributed by atoms with E-state index in [4.69, 9.17) is 0 Å². The maximum Gasteiger partial charge on any atom is 0.236 e. The fraction of sp³-hybridized carbons (Fsp3) is 0.929. The second kappa shape index (κ2) is 5.77. The van der Waals surface area contributed by atoms with Crippen molar-refractivity contribution in [3.63, 3.8) is 0 Å². The second-order valence-electron chi connectivity index (χ2n) is 6.31. The average molecular weight is 266 g/mol. The molecule has 0 aromatic carbocycles. The first-order valence-electron chi connectivity index (χ1n) is 7.64. The van der Waals surface area contributed by atoms with Crippen molar-refractivity contribution in [1.82, 2.24) is 20.0 Å². The Morgan fingerprint density at radius 1 is 1.11 bits per heavy atom. The molecule has 0 aromatic heterocycles. The van der Waals surface area contributed by atoms with Crippen LogP contribution in [0.3, 0.4) is 0 Å². The SMILES string of the molecule is CN1CCN(C(=O)CNC2CN3CCC2CC3)CC1. The van der Waals surface area contributed by atoms with Gasteiger partial charge in [-0.3, -0.25) is 4.79 Å². The Hall–Kier alpha value is -0.650. The van der Waals surface area contributed by atoms with E-state index in [1.165, 1.54) is 25.9 Å². The van der Waals surface area contributed by atoms with Crippen LogP contribution in [0.1, 0.15) is 12.8 Å². The number of carbonyl (C=O) groups excluding carboxylic acids is 1. The van der Waals surface area contributed by atoms with E-state index in [0.29, 0.717) is 12.6 Å². The van der Waals surface area contributed by atoms with Gasteiger partial charge in [-0.25, -0.2) is 0 Å². The fourth-order valence-electron chi connectivity index (χ4n) is 3.58. The standard InChI is InChI=1S/C14H26N4O/c1-16-6-8-18(9-7-16)14(19)10-15-13-11-17-4-2-12(13)3-5-17/h12-13,15H,2-11H2,1H3. The third-order valence-electron chi connectivity index (χ3n) is 5.03. The van der Waals surface area contributed by atoms with E-state index in [9.17, 15) is 4.79 Å². The van der Waals surface area contributed by atoms with Gasteiger partial charge in [0.1, 0.15) is 0 Å². The van der Waals surface area contributed by atoms with Gasteiger partial charge in [0.2, 0.25) is 5.91 Å². The lowest BCUT2D eigenvalue weighted by Crippen LogP contribution is -2.58. The number of hydrogen-bond acceptors (Lipinski definition) is 4. The van der Waals surface area contributed by atoms with Crippen LogP contribution in [0.15, 0.2) is 0 Å². The molecule has 1 atom stereocenters. The van der Waals surface area contributed by atoms with Gasteiger partial charge in [-0.15, -0.1) is 0 Å². The minimum atomic E-state index is 0.282. The molecule has 1 unspecified atom stereocenters. The summed E-state index contributed by atoms with van der Waals surface area (Å²) in [6, 6.07) is 0.541. The van der Waals surface area contributed by atoms with E-state index >= 15 is 0 Å². The monoisotopic (exact) mass is 266 g/mol. The largest absolute Gasteiger partial charge is 0.339 e. The molecule has 0 aliphatic carbocycles. The normalized spacial score (nSPS) is 35.6. The molecule has 19 heavy (non-hydrogen) atoms. The highest BCUT2D eigenvalue weighted by Gasteiger charge is 2.34. The van der Waals surface area contributed by atoms with E-state index in [-0.39, 0.29) is 5.91 Å². The highest BCUT2D eigenvalue weighted by molar-refractivity contribution is 5.78. The van der Waals surface area contributed by atoms with Gasteiger partial charge in [0, 0.05) is 38.8 Å². The van der Waals surface area contributed by atoms with E-state index in [1.54, 1.807) is 0 Å². The average Bonchev–Trinajstić information content (AvgIpc) is 2.47. The maximum absolute atomic E-state index is 12.2. The minimum absolute atomic E-state index is 0.282. The second-order valence-corrected chi connectivity index (χ2v) is 6.31. The van der Waals surface area contributed by atoms with Crippen molar-refractivity contribution >= 4 is 5.91 Å². The summed E-state index contributed by atoms with van der Waals surface area (Å²) in [6.45, 7) is 7.97. The van der Waals surface area contributed by atoms with Crippen LogP contribution in [0.25, 0.3) is 0 Å². The summed E-state index contributed by atoms with van der Waals surface area (Å²) in [7, 11) is 2.12. The lowest BCUT2D eigenvalue weighted by atomic mass is 9.84. The molecule has 4 heterocycles. The zero-order valence-electron chi connectivity index (χ0n) is 12.0. The number of amides is 1. The first-order valence-corrected chi connectivity index (χ1v) is 7.64. The number of nitrogens with zero attached hydrogens (tertiary/aromatic N) is 3. The summed E-state index contributed by atoms with van der Waals surface area (Å²) in [4.78, 5) is 19.0. The molecule has 4 aliphatic rings. The van der Waals surface area contributed by atoms with Crippen LogP contribution in [0.5, 0.6) is 0 Å². The third kappa shape index (κ3) is 3.09. The van der Waals surface area contributed by atoms with Gasteiger partial charge >= 0.3 is 0 Å². The van der Waals surface area contributed by atoms with Gasteiger partial charge in [-0.2, -0.15) is 0 Å². The third-order valence-corrected chi connectivity index (χ3v) is 5.03. The number of nitrogens with one attached hydrogen (secondary N) is 1. The number of carbonyl (C=O) groups is 1. The quantitative estimate of drug-likeness (QED) is 0.743. The van der Waals surface area contributed by atoms with Crippen LogP contribution < -0.4 is 5.32 Å². The zero-order valence-corrected chi connectivity index (χ0v) is 12.0. The predicted octanol–water partition coefficient (Wildman–Crippen LogP) is -0.556. The molecule has 108 valence electrons. The van der Waals surface area contributed by atoms with Crippen molar-refractivity contribution in [3.8, 4) is 0 Å². The topological polar surface area (TPSA) is 38.8 Å². The molecule has 4 rings (SSSR count). The molecule has 4 saturated heterocycles. The Balaban J connectivity index is 1.43. The van der Waals surface area contributed by atoms with Gasteiger partial charge in [0.05, 0.1) is 6.54 Å². The summed E-state index contributed by atoms with van der Waals surface area (Å²) in [5.41, 5.74) is 0. The molecule has 1 N–H and O–H groups in total. The van der Waals surface area contributed by atoms with Gasteiger partial charge in [-0.05, 0) is 38.9 Å². The fourth-order valence-corrected chi connectivity index (χ4v) is 3.58. The van der Waals surface area contributed by atoms with Crippen LogP contribution in [0.4, 0.5) is 0 Å². The van der Waals surface area contributed by atoms with Gasteiger partial charge in [0.25, 0.3) is 0 Å². The molecule has 0 spiro atoms. The van der Waals surface area contributed by atoms with Crippen molar-refractivity contribution in [3.05, 3.63) is 0 Å².